The zero-order valence-electron chi connectivity index (χ0n) is 25.4. The number of β-amino-alcohol motifs (C(OH)–C–C–N with tert-alkyl or cyclic N) is 1. The van der Waals surface area contributed by atoms with Gasteiger partial charge in [0.1, 0.15) is 11.4 Å². The number of hydrogen-bond donors (Lipinski definition) is 2. The van der Waals surface area contributed by atoms with Crippen molar-refractivity contribution in [3.8, 4) is 0 Å². The average molecular weight is 631 g/mol. The predicted molar refractivity (Wildman–Crippen MR) is 162 cm³/mol. The highest BCUT2D eigenvalue weighted by atomic mass is 19.4. The van der Waals surface area contributed by atoms with Gasteiger partial charge in [-0.2, -0.15) is 13.2 Å². The van der Waals surface area contributed by atoms with E-state index in [1.54, 1.807) is 28.0 Å². The largest absolute Gasteiger partial charge is 0.416 e. The molecule has 3 fully saturated rings. The first-order valence-electron chi connectivity index (χ1n) is 15.8. The van der Waals surface area contributed by atoms with Crippen molar-refractivity contribution in [3.63, 3.8) is 0 Å². The van der Waals surface area contributed by atoms with Gasteiger partial charge in [-0.25, -0.2) is 9.18 Å². The summed E-state index contributed by atoms with van der Waals surface area (Å²) in [4.78, 5) is 32.2. The molecule has 7 nitrogen and oxygen atoms in total. The first kappa shape index (κ1) is 32.9. The molecule has 2 atom stereocenters. The van der Waals surface area contributed by atoms with E-state index < -0.39 is 17.3 Å². The molecule has 1 saturated carbocycles. The number of benzene rings is 2. The molecular formula is C34H42F4N4O3. The number of aliphatic hydroxyl groups is 1. The van der Waals surface area contributed by atoms with Crippen LogP contribution in [0.4, 0.5) is 22.4 Å². The minimum Gasteiger partial charge on any atom is -0.383 e. The number of hydrogen-bond acceptors (Lipinski definition) is 4. The fraction of sp³-hybridized carbons (Fsp3) is 0.529. The summed E-state index contributed by atoms with van der Waals surface area (Å²) in [5.41, 5.74) is -0.867. The number of alkyl halides is 3. The van der Waals surface area contributed by atoms with Gasteiger partial charge in [-0.05, 0) is 61.1 Å². The Kier molecular flexibility index (Phi) is 10.2. The van der Waals surface area contributed by atoms with E-state index >= 15 is 0 Å². The van der Waals surface area contributed by atoms with E-state index in [1.165, 1.54) is 24.3 Å². The lowest BCUT2D eigenvalue weighted by Crippen LogP contribution is -2.52. The van der Waals surface area contributed by atoms with Gasteiger partial charge in [0.15, 0.2) is 0 Å². The topological polar surface area (TPSA) is 76.1 Å². The van der Waals surface area contributed by atoms with Crippen LogP contribution < -0.4 is 5.32 Å². The van der Waals surface area contributed by atoms with Crippen LogP contribution in [0.3, 0.4) is 0 Å². The van der Waals surface area contributed by atoms with Crippen LogP contribution in [-0.4, -0.2) is 77.1 Å². The summed E-state index contributed by atoms with van der Waals surface area (Å²) in [7, 11) is 0. The molecule has 0 aromatic heterocycles. The van der Waals surface area contributed by atoms with Crippen LogP contribution >= 0.6 is 0 Å². The van der Waals surface area contributed by atoms with Gasteiger partial charge in [0, 0.05) is 57.1 Å². The molecule has 45 heavy (non-hydrogen) atoms. The number of nitrogens with one attached hydrogen (secondary N) is 1. The van der Waals surface area contributed by atoms with Gasteiger partial charge in [-0.1, -0.05) is 43.2 Å². The lowest BCUT2D eigenvalue weighted by atomic mass is 9.83. The quantitative estimate of drug-likeness (QED) is 0.282. The van der Waals surface area contributed by atoms with Crippen molar-refractivity contribution in [2.24, 2.45) is 11.8 Å². The molecular weight excluding hydrogens is 588 g/mol. The Morgan fingerprint density at radius 2 is 1.67 bits per heavy atom. The van der Waals surface area contributed by atoms with Crippen LogP contribution in [0.25, 0.3) is 0 Å². The number of amides is 3. The highest BCUT2D eigenvalue weighted by molar-refractivity contribution is 5.79. The fourth-order valence-corrected chi connectivity index (χ4v) is 7.13. The first-order valence-corrected chi connectivity index (χ1v) is 15.8. The van der Waals surface area contributed by atoms with Gasteiger partial charge in [0.25, 0.3) is 0 Å². The van der Waals surface area contributed by atoms with E-state index in [-0.39, 0.29) is 48.7 Å². The van der Waals surface area contributed by atoms with Gasteiger partial charge in [-0.15, -0.1) is 6.58 Å². The first-order chi connectivity index (χ1) is 21.5. The molecule has 11 heteroatoms. The van der Waals surface area contributed by atoms with E-state index in [0.29, 0.717) is 56.7 Å². The van der Waals surface area contributed by atoms with E-state index in [0.717, 1.165) is 37.8 Å². The summed E-state index contributed by atoms with van der Waals surface area (Å²) >= 11 is 0. The Hall–Kier alpha value is -3.44. The average Bonchev–Trinajstić information content (AvgIpc) is 3.68. The predicted octanol–water partition coefficient (Wildman–Crippen LogP) is 5.54. The smallest absolute Gasteiger partial charge is 0.383 e. The second kappa shape index (κ2) is 13.9. The summed E-state index contributed by atoms with van der Waals surface area (Å²) in [6.45, 7) is 6.74. The van der Waals surface area contributed by atoms with Gasteiger partial charge in [-0.3, -0.25) is 4.79 Å². The molecule has 3 aliphatic rings. The molecule has 2 saturated heterocycles. The maximum Gasteiger partial charge on any atom is 0.416 e. The van der Waals surface area contributed by atoms with Gasteiger partial charge in [0.05, 0.1) is 12.1 Å². The fourth-order valence-electron chi connectivity index (χ4n) is 7.13. The zero-order chi connectivity index (χ0) is 32.2. The monoisotopic (exact) mass is 630 g/mol. The second-order valence-electron chi connectivity index (χ2n) is 12.7. The molecule has 2 N–H and O–H groups in total. The standard InChI is InChI=1S/C34H42F4N4O3/c1-2-17-42(32(44)39-20-24-7-9-27(10-8-24)34(36,37)38)30-15-18-40(19-16-30)21-28-22-41(31(43)25-5-3-4-6-25)23-33(28,45)26-11-13-29(35)14-12-26/h2,7-14,25,28,30,45H,1,3-6,15-23H2,(H,39,44)/t28-,33-/m0/s1. The van der Waals surface area contributed by atoms with Crippen molar-refractivity contribution in [1.29, 1.82) is 0 Å². The molecule has 2 heterocycles. The summed E-state index contributed by atoms with van der Waals surface area (Å²) in [5, 5.41) is 14.9. The molecule has 244 valence electrons. The summed E-state index contributed by atoms with van der Waals surface area (Å²) in [6.07, 6.45) is 2.45. The summed E-state index contributed by atoms with van der Waals surface area (Å²) in [6, 6.07) is 10.2. The molecule has 1 aliphatic carbocycles. The van der Waals surface area contributed by atoms with Gasteiger partial charge in [0.2, 0.25) is 5.91 Å². The minimum atomic E-state index is -4.42. The summed E-state index contributed by atoms with van der Waals surface area (Å²) in [5.74, 6) is -0.554. The second-order valence-corrected chi connectivity index (χ2v) is 12.7. The lowest BCUT2D eigenvalue weighted by Gasteiger charge is -2.40. The molecule has 0 spiro atoms. The molecule has 0 radical (unpaired) electrons. The molecule has 0 bridgehead atoms. The third-order valence-electron chi connectivity index (χ3n) is 9.70. The van der Waals surface area contributed by atoms with Gasteiger partial charge < -0.3 is 25.1 Å². The van der Waals surface area contributed by atoms with Crippen molar-refractivity contribution in [2.75, 3.05) is 39.3 Å². The Morgan fingerprint density at radius 3 is 2.27 bits per heavy atom. The number of rotatable bonds is 9. The van der Waals surface area contributed by atoms with Gasteiger partial charge >= 0.3 is 12.2 Å². The van der Waals surface area contributed by atoms with Crippen LogP contribution in [0.2, 0.25) is 0 Å². The Balaban J connectivity index is 1.20. The lowest BCUT2D eigenvalue weighted by molar-refractivity contribution is -0.137. The number of carbonyl (C=O) groups excluding carboxylic acids is 2. The third-order valence-corrected chi connectivity index (χ3v) is 9.70. The zero-order valence-corrected chi connectivity index (χ0v) is 25.4. The van der Waals surface area contributed by atoms with Crippen LogP contribution in [0.5, 0.6) is 0 Å². The van der Waals surface area contributed by atoms with Crippen molar-refractivity contribution in [3.05, 3.63) is 83.7 Å². The van der Waals surface area contributed by atoms with Crippen molar-refractivity contribution in [1.82, 2.24) is 20.0 Å². The SMILES string of the molecule is C=CCN(C(=O)NCc1ccc(C(F)(F)F)cc1)C1CCN(C[C@H]2CN(C(=O)C3CCCC3)C[C@]2(O)c2ccc(F)cc2)CC1. The Morgan fingerprint density at radius 1 is 1.02 bits per heavy atom. The molecule has 3 amide bonds. The van der Waals surface area contributed by atoms with Crippen molar-refractivity contribution < 1.29 is 32.3 Å². The van der Waals surface area contributed by atoms with E-state index in [9.17, 15) is 32.3 Å². The molecule has 2 aromatic rings. The molecule has 2 aromatic carbocycles. The van der Waals surface area contributed by atoms with Crippen molar-refractivity contribution in [2.45, 2.75) is 62.9 Å². The van der Waals surface area contributed by atoms with Crippen LogP contribution in [0.15, 0.2) is 61.2 Å². The highest BCUT2D eigenvalue weighted by Gasteiger charge is 2.49. The number of halogens is 4. The maximum atomic E-state index is 13.7. The third kappa shape index (κ3) is 7.69. The molecule has 0 unspecified atom stereocenters. The van der Waals surface area contributed by atoms with Crippen LogP contribution in [-0.2, 0) is 23.1 Å². The van der Waals surface area contributed by atoms with E-state index in [1.807, 2.05) is 0 Å². The Labute approximate surface area is 261 Å². The number of carbonyl (C=O) groups is 2. The van der Waals surface area contributed by atoms with E-state index in [2.05, 4.69) is 16.8 Å². The van der Waals surface area contributed by atoms with Crippen LogP contribution in [0, 0.1) is 17.7 Å². The minimum absolute atomic E-state index is 0.00166. The van der Waals surface area contributed by atoms with Crippen molar-refractivity contribution >= 4 is 11.9 Å². The normalized spacial score (nSPS) is 23.3. The molecule has 5 rings (SSSR count). The highest BCUT2D eigenvalue weighted by Crippen LogP contribution is 2.40. The molecule has 2 aliphatic heterocycles. The number of piperidine rings is 1. The maximum absolute atomic E-state index is 13.7. The van der Waals surface area contributed by atoms with E-state index in [4.69, 9.17) is 0 Å². The number of likely N-dealkylation sites (tertiary alicyclic amines) is 2. The summed E-state index contributed by atoms with van der Waals surface area (Å²) < 4.78 is 52.4. The Bertz CT molecular complexity index is 1320. The number of nitrogens with zero attached hydrogens (tertiary/aromatic N) is 3. The van der Waals surface area contributed by atoms with Crippen LogP contribution in [0.1, 0.15) is 55.2 Å². The number of urea groups is 1.